The monoisotopic (exact) mass is 347 g/mol. The predicted molar refractivity (Wildman–Crippen MR) is 88.5 cm³/mol. The summed E-state index contributed by atoms with van der Waals surface area (Å²) in [5.74, 6) is 0.312. The van der Waals surface area contributed by atoms with Gasteiger partial charge in [0.1, 0.15) is 0 Å². The summed E-state index contributed by atoms with van der Waals surface area (Å²) in [7, 11) is 3.65. The van der Waals surface area contributed by atoms with Gasteiger partial charge >= 0.3 is 0 Å². The van der Waals surface area contributed by atoms with Crippen LogP contribution in [0.25, 0.3) is 10.9 Å². The van der Waals surface area contributed by atoms with E-state index < -0.39 is 0 Å². The first kappa shape index (κ1) is 14.3. The highest BCUT2D eigenvalue weighted by Crippen LogP contribution is 2.33. The minimum Gasteiger partial charge on any atom is -0.370 e. The van der Waals surface area contributed by atoms with Gasteiger partial charge in [-0.25, -0.2) is 0 Å². The van der Waals surface area contributed by atoms with Crippen molar-refractivity contribution in [3.05, 3.63) is 34.9 Å². The molecule has 0 radical (unpaired) electrons. The molecule has 0 spiro atoms. The van der Waals surface area contributed by atoms with Crippen LogP contribution in [0, 0.1) is 5.92 Å². The molecule has 2 aromatic rings. The van der Waals surface area contributed by atoms with Gasteiger partial charge in [0.2, 0.25) is 5.91 Å². The highest BCUT2D eigenvalue weighted by molar-refractivity contribution is 9.10. The van der Waals surface area contributed by atoms with Gasteiger partial charge in [-0.1, -0.05) is 12.1 Å². The van der Waals surface area contributed by atoms with E-state index in [1.54, 1.807) is 4.90 Å². The van der Waals surface area contributed by atoms with E-state index in [1.807, 2.05) is 38.5 Å². The minimum absolute atomic E-state index is 0.0929. The predicted octanol–water partition coefficient (Wildman–Crippen LogP) is 2.91. The zero-order valence-electron chi connectivity index (χ0n) is 12.2. The smallest absolute Gasteiger partial charge is 0.227 e. The van der Waals surface area contributed by atoms with Gasteiger partial charge < -0.3 is 9.80 Å². The zero-order valence-corrected chi connectivity index (χ0v) is 13.8. The molecule has 2 heterocycles. The van der Waals surface area contributed by atoms with E-state index >= 15 is 0 Å². The molecule has 1 fully saturated rings. The molecule has 110 valence electrons. The summed E-state index contributed by atoms with van der Waals surface area (Å²) in [6.07, 6.45) is 2.75. The molecule has 0 aliphatic carbocycles. The summed E-state index contributed by atoms with van der Waals surface area (Å²) < 4.78 is 1.00. The molecule has 1 amide bonds. The number of para-hydroxylation sites is 1. The number of carbonyl (C=O) groups is 1. The van der Waals surface area contributed by atoms with Gasteiger partial charge in [-0.2, -0.15) is 0 Å². The van der Waals surface area contributed by atoms with Crippen molar-refractivity contribution in [2.24, 2.45) is 5.92 Å². The first-order chi connectivity index (χ1) is 10.1. The number of hydrogen-bond acceptors (Lipinski definition) is 3. The summed E-state index contributed by atoms with van der Waals surface area (Å²) in [4.78, 5) is 20.5. The molecule has 4 nitrogen and oxygen atoms in total. The topological polar surface area (TPSA) is 36.4 Å². The van der Waals surface area contributed by atoms with Gasteiger partial charge in [0.15, 0.2) is 0 Å². The van der Waals surface area contributed by atoms with Crippen molar-refractivity contribution in [3.63, 3.8) is 0 Å². The number of aromatic nitrogens is 1. The zero-order chi connectivity index (χ0) is 15.0. The van der Waals surface area contributed by atoms with Crippen molar-refractivity contribution < 1.29 is 4.79 Å². The maximum Gasteiger partial charge on any atom is 0.227 e. The largest absolute Gasteiger partial charge is 0.370 e. The maximum atomic E-state index is 12.1. The van der Waals surface area contributed by atoms with Crippen LogP contribution in [0.3, 0.4) is 0 Å². The molecule has 0 N–H and O–H groups in total. The molecule has 1 aromatic carbocycles. The van der Waals surface area contributed by atoms with Crippen molar-refractivity contribution in [1.29, 1.82) is 0 Å². The Morgan fingerprint density at radius 3 is 2.95 bits per heavy atom. The molecule has 1 unspecified atom stereocenters. The second-order valence-corrected chi connectivity index (χ2v) is 6.48. The van der Waals surface area contributed by atoms with Crippen LogP contribution in [0.5, 0.6) is 0 Å². The van der Waals surface area contributed by atoms with Gasteiger partial charge in [-0.05, 0) is 34.5 Å². The number of fused-ring (bicyclic) bond motifs is 1. The molecule has 21 heavy (non-hydrogen) atoms. The summed E-state index contributed by atoms with van der Waals surface area (Å²) in [5.41, 5.74) is 2.13. The highest BCUT2D eigenvalue weighted by atomic mass is 79.9. The Kier molecular flexibility index (Phi) is 3.85. The van der Waals surface area contributed by atoms with E-state index in [-0.39, 0.29) is 11.8 Å². The van der Waals surface area contributed by atoms with Crippen LogP contribution in [0.15, 0.2) is 34.9 Å². The fourth-order valence-electron chi connectivity index (χ4n) is 2.95. The quantitative estimate of drug-likeness (QED) is 0.837. The molecule has 1 saturated heterocycles. The number of halogens is 1. The van der Waals surface area contributed by atoms with Gasteiger partial charge in [-0.3, -0.25) is 9.78 Å². The Hall–Kier alpha value is -1.62. The number of hydrogen-bond donors (Lipinski definition) is 0. The third kappa shape index (κ3) is 2.62. The van der Waals surface area contributed by atoms with E-state index in [2.05, 4.69) is 31.9 Å². The Bertz CT molecular complexity index is 686. The first-order valence-electron chi connectivity index (χ1n) is 7.07. The lowest BCUT2D eigenvalue weighted by Gasteiger charge is -2.21. The highest BCUT2D eigenvalue weighted by Gasteiger charge is 2.30. The third-order valence-electron chi connectivity index (χ3n) is 4.02. The van der Waals surface area contributed by atoms with E-state index in [1.165, 1.54) is 0 Å². The average molecular weight is 348 g/mol. The van der Waals surface area contributed by atoms with Crippen molar-refractivity contribution in [3.8, 4) is 0 Å². The van der Waals surface area contributed by atoms with Crippen LogP contribution >= 0.6 is 15.9 Å². The summed E-state index contributed by atoms with van der Waals surface area (Å²) in [6.45, 7) is 1.69. The normalized spacial score (nSPS) is 18.2. The number of rotatable bonds is 2. The summed E-state index contributed by atoms with van der Waals surface area (Å²) in [6, 6.07) is 8.15. The molecular formula is C16H18BrN3O. The second kappa shape index (κ2) is 5.64. The van der Waals surface area contributed by atoms with E-state index in [9.17, 15) is 4.79 Å². The lowest BCUT2D eigenvalue weighted by atomic mass is 10.1. The van der Waals surface area contributed by atoms with Crippen LogP contribution in [0.1, 0.15) is 6.42 Å². The van der Waals surface area contributed by atoms with Gasteiger partial charge in [0.25, 0.3) is 0 Å². The lowest BCUT2D eigenvalue weighted by molar-refractivity contribution is -0.132. The van der Waals surface area contributed by atoms with E-state index in [4.69, 9.17) is 0 Å². The summed E-state index contributed by atoms with van der Waals surface area (Å²) >= 11 is 3.55. The molecule has 1 aliphatic heterocycles. The van der Waals surface area contributed by atoms with E-state index in [0.717, 1.165) is 40.6 Å². The fourth-order valence-corrected chi connectivity index (χ4v) is 3.42. The molecule has 5 heteroatoms. The van der Waals surface area contributed by atoms with Crippen molar-refractivity contribution >= 4 is 38.4 Å². The van der Waals surface area contributed by atoms with Crippen LogP contribution in [0.4, 0.5) is 5.69 Å². The fraction of sp³-hybridized carbons (Fsp3) is 0.375. The number of anilines is 1. The van der Waals surface area contributed by atoms with Crippen LogP contribution in [-0.4, -0.2) is 43.0 Å². The second-order valence-electron chi connectivity index (χ2n) is 5.63. The van der Waals surface area contributed by atoms with Gasteiger partial charge in [-0.15, -0.1) is 0 Å². The number of amides is 1. The van der Waals surface area contributed by atoms with Crippen LogP contribution in [-0.2, 0) is 4.79 Å². The molecule has 1 atom stereocenters. The Balaban J connectivity index is 1.92. The average Bonchev–Trinajstić information content (AvgIpc) is 2.96. The summed E-state index contributed by atoms with van der Waals surface area (Å²) in [5, 5.41) is 1.13. The third-order valence-corrected chi connectivity index (χ3v) is 4.66. The SMILES string of the molecule is CN(C)C(=O)C1CCN(c2ccnc3c(Br)cccc23)C1. The minimum atomic E-state index is 0.0929. The number of nitrogens with zero attached hydrogens (tertiary/aromatic N) is 3. The standard InChI is InChI=1S/C16H18BrN3O/c1-19(2)16(21)11-7-9-20(10-11)14-6-8-18-15-12(14)4-3-5-13(15)17/h3-6,8,11H,7,9-10H2,1-2H3. The van der Waals surface area contributed by atoms with Crippen molar-refractivity contribution in [1.82, 2.24) is 9.88 Å². The maximum absolute atomic E-state index is 12.1. The Morgan fingerprint density at radius 1 is 1.38 bits per heavy atom. The number of benzene rings is 1. The van der Waals surface area contributed by atoms with Gasteiger partial charge in [0.05, 0.1) is 11.4 Å². The Labute approximate surface area is 132 Å². The lowest BCUT2D eigenvalue weighted by Crippen LogP contribution is -2.31. The molecular weight excluding hydrogens is 330 g/mol. The molecule has 3 rings (SSSR count). The first-order valence-corrected chi connectivity index (χ1v) is 7.86. The number of carbonyl (C=O) groups excluding carboxylic acids is 1. The van der Waals surface area contributed by atoms with Crippen LogP contribution < -0.4 is 4.90 Å². The molecule has 0 saturated carbocycles. The van der Waals surface area contributed by atoms with Crippen LogP contribution in [0.2, 0.25) is 0 Å². The van der Waals surface area contributed by atoms with Crippen molar-refractivity contribution in [2.75, 3.05) is 32.1 Å². The molecule has 0 bridgehead atoms. The molecule has 1 aromatic heterocycles. The van der Waals surface area contributed by atoms with E-state index in [0.29, 0.717) is 0 Å². The van der Waals surface area contributed by atoms with Gasteiger partial charge in [0, 0.05) is 48.9 Å². The molecule has 1 aliphatic rings. The van der Waals surface area contributed by atoms with Crippen molar-refractivity contribution in [2.45, 2.75) is 6.42 Å². The Morgan fingerprint density at radius 2 is 2.19 bits per heavy atom. The number of pyridine rings is 1.